The first-order valence-electron chi connectivity index (χ1n) is 7.63. The Hall–Kier alpha value is -1.10. The molecule has 0 aromatic heterocycles. The lowest BCUT2D eigenvalue weighted by molar-refractivity contribution is -0.153. The van der Waals surface area contributed by atoms with Crippen LogP contribution in [-0.2, 0) is 9.59 Å². The molecule has 5 heteroatoms. The van der Waals surface area contributed by atoms with Crippen LogP contribution in [0, 0.1) is 5.92 Å². The van der Waals surface area contributed by atoms with E-state index in [1.165, 1.54) is 12.8 Å². The molecule has 1 unspecified atom stereocenters. The van der Waals surface area contributed by atoms with Crippen molar-refractivity contribution < 1.29 is 9.59 Å². The number of amides is 2. The van der Waals surface area contributed by atoms with Gasteiger partial charge in [0.1, 0.15) is 11.6 Å². The summed E-state index contributed by atoms with van der Waals surface area (Å²) in [7, 11) is 2.15. The summed E-state index contributed by atoms with van der Waals surface area (Å²) in [6, 6.07) is -0.346. The maximum atomic E-state index is 12.4. The van der Waals surface area contributed by atoms with Gasteiger partial charge in [-0.05, 0) is 66.1 Å². The van der Waals surface area contributed by atoms with Crippen molar-refractivity contribution in [3.8, 4) is 0 Å². The minimum atomic E-state index is -0.767. The highest BCUT2D eigenvalue weighted by Crippen LogP contribution is 2.23. The molecule has 2 heterocycles. The molecule has 2 saturated heterocycles. The molecule has 0 aromatic rings. The SMILES string of the molecule is CC1C(=O)NC(C)(C)C(=O)N1CCC1CCN(C)CC1. The normalized spacial score (nSPS) is 28.6. The van der Waals surface area contributed by atoms with Crippen molar-refractivity contribution in [2.75, 3.05) is 26.7 Å². The largest absolute Gasteiger partial charge is 0.340 e. The zero-order valence-electron chi connectivity index (χ0n) is 13.1. The van der Waals surface area contributed by atoms with E-state index in [2.05, 4.69) is 17.3 Å². The van der Waals surface area contributed by atoms with Crippen LogP contribution in [0.1, 0.15) is 40.0 Å². The van der Waals surface area contributed by atoms with Crippen molar-refractivity contribution in [2.24, 2.45) is 5.92 Å². The number of rotatable bonds is 3. The van der Waals surface area contributed by atoms with E-state index in [1.54, 1.807) is 18.7 Å². The van der Waals surface area contributed by atoms with E-state index in [0.717, 1.165) is 19.5 Å². The molecule has 0 aliphatic carbocycles. The number of nitrogens with zero attached hydrogens (tertiary/aromatic N) is 2. The van der Waals surface area contributed by atoms with Crippen LogP contribution in [0.15, 0.2) is 0 Å². The molecule has 2 amide bonds. The van der Waals surface area contributed by atoms with Gasteiger partial charge >= 0.3 is 0 Å². The first-order valence-corrected chi connectivity index (χ1v) is 7.63. The van der Waals surface area contributed by atoms with Gasteiger partial charge in [-0.25, -0.2) is 0 Å². The van der Waals surface area contributed by atoms with Crippen molar-refractivity contribution >= 4 is 11.8 Å². The third-order valence-corrected chi connectivity index (χ3v) is 4.69. The van der Waals surface area contributed by atoms with Gasteiger partial charge in [-0.15, -0.1) is 0 Å². The van der Waals surface area contributed by atoms with Crippen LogP contribution < -0.4 is 5.32 Å². The summed E-state index contributed by atoms with van der Waals surface area (Å²) in [6.07, 6.45) is 3.40. The van der Waals surface area contributed by atoms with Gasteiger partial charge in [-0.3, -0.25) is 9.59 Å². The Labute approximate surface area is 121 Å². The Balaban J connectivity index is 1.93. The highest BCUT2D eigenvalue weighted by atomic mass is 16.2. The summed E-state index contributed by atoms with van der Waals surface area (Å²) < 4.78 is 0. The minimum Gasteiger partial charge on any atom is -0.340 e. The third-order valence-electron chi connectivity index (χ3n) is 4.69. The molecule has 1 N–H and O–H groups in total. The maximum absolute atomic E-state index is 12.4. The summed E-state index contributed by atoms with van der Waals surface area (Å²) in [6.45, 7) is 8.35. The summed E-state index contributed by atoms with van der Waals surface area (Å²) in [5.74, 6) is 0.676. The van der Waals surface area contributed by atoms with Crippen LogP contribution in [0.5, 0.6) is 0 Å². The standard InChI is InChI=1S/C15H27N3O2/c1-11-13(19)16-15(2,3)14(20)18(11)10-7-12-5-8-17(4)9-6-12/h11-12H,5-10H2,1-4H3,(H,16,19). The van der Waals surface area contributed by atoms with Crippen LogP contribution in [0.25, 0.3) is 0 Å². The summed E-state index contributed by atoms with van der Waals surface area (Å²) in [5.41, 5.74) is -0.767. The van der Waals surface area contributed by atoms with Crippen LogP contribution >= 0.6 is 0 Å². The van der Waals surface area contributed by atoms with Crippen LogP contribution in [0.4, 0.5) is 0 Å². The highest BCUT2D eigenvalue weighted by molar-refractivity contribution is 5.99. The van der Waals surface area contributed by atoms with Gasteiger partial charge in [-0.1, -0.05) is 0 Å². The fourth-order valence-corrected chi connectivity index (χ4v) is 3.11. The van der Waals surface area contributed by atoms with Crippen molar-refractivity contribution in [1.29, 1.82) is 0 Å². The van der Waals surface area contributed by atoms with Crippen molar-refractivity contribution in [3.05, 3.63) is 0 Å². The van der Waals surface area contributed by atoms with Crippen molar-refractivity contribution in [3.63, 3.8) is 0 Å². The molecule has 0 spiro atoms. The molecule has 2 aliphatic heterocycles. The van der Waals surface area contributed by atoms with Gasteiger partial charge in [0.05, 0.1) is 0 Å². The summed E-state index contributed by atoms with van der Waals surface area (Å²) in [4.78, 5) is 28.5. The fraction of sp³-hybridized carbons (Fsp3) is 0.867. The average Bonchev–Trinajstić information content (AvgIpc) is 2.38. The molecular formula is C15H27N3O2. The number of hydrogen-bond donors (Lipinski definition) is 1. The van der Waals surface area contributed by atoms with Crippen molar-refractivity contribution in [2.45, 2.75) is 51.6 Å². The lowest BCUT2D eigenvalue weighted by Crippen LogP contribution is -2.67. The number of piperazine rings is 1. The summed E-state index contributed by atoms with van der Waals surface area (Å²) >= 11 is 0. The number of likely N-dealkylation sites (tertiary alicyclic amines) is 1. The number of nitrogens with one attached hydrogen (secondary N) is 1. The van der Waals surface area contributed by atoms with Crippen LogP contribution in [0.3, 0.4) is 0 Å². The molecule has 2 aliphatic rings. The number of carbonyl (C=O) groups excluding carboxylic acids is 2. The molecule has 20 heavy (non-hydrogen) atoms. The minimum absolute atomic E-state index is 0.0394. The highest BCUT2D eigenvalue weighted by Gasteiger charge is 2.43. The molecule has 5 nitrogen and oxygen atoms in total. The fourth-order valence-electron chi connectivity index (χ4n) is 3.11. The predicted octanol–water partition coefficient (Wildman–Crippen LogP) is 0.844. The van der Waals surface area contributed by atoms with Gasteiger partial charge in [0.25, 0.3) is 0 Å². The van der Waals surface area contributed by atoms with E-state index in [4.69, 9.17) is 0 Å². The second-order valence-electron chi connectivity index (χ2n) is 6.82. The molecule has 0 radical (unpaired) electrons. The zero-order valence-corrected chi connectivity index (χ0v) is 13.1. The molecule has 1 atom stereocenters. The third kappa shape index (κ3) is 3.14. The maximum Gasteiger partial charge on any atom is 0.248 e. The smallest absolute Gasteiger partial charge is 0.248 e. The number of carbonyl (C=O) groups is 2. The van der Waals surface area contributed by atoms with Gasteiger partial charge < -0.3 is 15.1 Å². The Morgan fingerprint density at radius 3 is 2.45 bits per heavy atom. The number of piperidine rings is 1. The van der Waals surface area contributed by atoms with E-state index in [0.29, 0.717) is 12.5 Å². The Morgan fingerprint density at radius 2 is 1.85 bits per heavy atom. The molecule has 0 aromatic carbocycles. The first-order chi connectivity index (χ1) is 9.31. The molecule has 114 valence electrons. The molecular weight excluding hydrogens is 254 g/mol. The Morgan fingerprint density at radius 1 is 1.25 bits per heavy atom. The second-order valence-corrected chi connectivity index (χ2v) is 6.82. The van der Waals surface area contributed by atoms with E-state index in [9.17, 15) is 9.59 Å². The van der Waals surface area contributed by atoms with Gasteiger partial charge in [-0.2, -0.15) is 0 Å². The van der Waals surface area contributed by atoms with E-state index < -0.39 is 5.54 Å². The zero-order chi connectivity index (χ0) is 14.9. The first kappa shape index (κ1) is 15.3. The van der Waals surface area contributed by atoms with E-state index in [-0.39, 0.29) is 17.9 Å². The van der Waals surface area contributed by atoms with Gasteiger partial charge in [0, 0.05) is 6.54 Å². The van der Waals surface area contributed by atoms with Gasteiger partial charge in [0.15, 0.2) is 0 Å². The van der Waals surface area contributed by atoms with E-state index >= 15 is 0 Å². The molecule has 0 saturated carbocycles. The van der Waals surface area contributed by atoms with Gasteiger partial charge in [0.2, 0.25) is 11.8 Å². The predicted molar refractivity (Wildman–Crippen MR) is 78.2 cm³/mol. The van der Waals surface area contributed by atoms with Crippen LogP contribution in [-0.4, -0.2) is 59.9 Å². The van der Waals surface area contributed by atoms with Crippen LogP contribution in [0.2, 0.25) is 0 Å². The number of hydrogen-bond acceptors (Lipinski definition) is 3. The lowest BCUT2D eigenvalue weighted by Gasteiger charge is -2.42. The van der Waals surface area contributed by atoms with Crippen molar-refractivity contribution in [1.82, 2.24) is 15.1 Å². The Kier molecular flexibility index (Phi) is 4.37. The topological polar surface area (TPSA) is 52.7 Å². The second kappa shape index (κ2) is 5.72. The quantitative estimate of drug-likeness (QED) is 0.834. The monoisotopic (exact) mass is 281 g/mol. The van der Waals surface area contributed by atoms with E-state index in [1.807, 2.05) is 6.92 Å². The molecule has 2 rings (SSSR count). The summed E-state index contributed by atoms with van der Waals surface area (Å²) in [5, 5.41) is 2.79. The molecule has 2 fully saturated rings. The molecule has 0 bridgehead atoms. The Bertz CT molecular complexity index is 387. The lowest BCUT2D eigenvalue weighted by atomic mass is 9.92. The average molecular weight is 281 g/mol.